The third-order valence-corrected chi connectivity index (χ3v) is 7.50. The number of nitrogens with one attached hydrogen (secondary N) is 2. The second-order valence-electron chi connectivity index (χ2n) is 13.4. The Morgan fingerprint density at radius 1 is 1.05 bits per heavy atom. The molecule has 1 fully saturated rings. The lowest BCUT2D eigenvalue weighted by molar-refractivity contribution is -0.155. The van der Waals surface area contributed by atoms with E-state index in [0.717, 1.165) is 11.5 Å². The highest BCUT2D eigenvalue weighted by Gasteiger charge is 2.43. The number of hydrogen-bond donors (Lipinski definition) is 2. The Morgan fingerprint density at radius 2 is 1.74 bits per heavy atom. The first-order valence-corrected chi connectivity index (χ1v) is 14.8. The second-order valence-corrected chi connectivity index (χ2v) is 13.4. The Balaban J connectivity index is 1.52. The number of nitrogens with zero attached hydrogens (tertiary/aromatic N) is 3. The highest BCUT2D eigenvalue weighted by molar-refractivity contribution is 5.86. The monoisotopic (exact) mass is 593 g/mol. The van der Waals surface area contributed by atoms with E-state index in [9.17, 15) is 14.0 Å². The Bertz CT molecular complexity index is 1430. The first-order chi connectivity index (χ1) is 20.1. The molecular weight excluding hydrogens is 549 g/mol. The van der Waals surface area contributed by atoms with Crippen molar-refractivity contribution >= 4 is 23.5 Å². The van der Waals surface area contributed by atoms with Crippen LogP contribution in [0.25, 0.3) is 0 Å². The number of anilines is 2. The van der Waals surface area contributed by atoms with Crippen molar-refractivity contribution in [3.05, 3.63) is 65.7 Å². The van der Waals surface area contributed by atoms with E-state index in [1.165, 1.54) is 0 Å². The maximum absolute atomic E-state index is 14.6. The van der Waals surface area contributed by atoms with Gasteiger partial charge >= 0.3 is 5.97 Å². The van der Waals surface area contributed by atoms with Crippen molar-refractivity contribution in [3.8, 4) is 5.75 Å². The number of aromatic nitrogens is 3. The van der Waals surface area contributed by atoms with Crippen molar-refractivity contribution in [3.63, 3.8) is 0 Å². The average molecular weight is 594 g/mol. The maximum Gasteiger partial charge on any atom is 0.325 e. The van der Waals surface area contributed by atoms with Gasteiger partial charge in [0.15, 0.2) is 11.6 Å². The van der Waals surface area contributed by atoms with Gasteiger partial charge in [-0.2, -0.15) is 5.10 Å². The van der Waals surface area contributed by atoms with E-state index in [-0.39, 0.29) is 35.7 Å². The lowest BCUT2D eigenvalue weighted by Crippen LogP contribution is -2.48. The Kier molecular flexibility index (Phi) is 9.47. The number of hydrogen-bond acceptors (Lipinski definition) is 7. The van der Waals surface area contributed by atoms with Crippen LogP contribution in [0.5, 0.6) is 5.75 Å². The van der Waals surface area contributed by atoms with Gasteiger partial charge in [0.25, 0.3) is 0 Å². The van der Waals surface area contributed by atoms with Crippen molar-refractivity contribution in [2.75, 3.05) is 11.9 Å². The molecule has 1 aliphatic carbocycles. The predicted molar refractivity (Wildman–Crippen MR) is 164 cm³/mol. The lowest BCUT2D eigenvalue weighted by atomic mass is 9.69. The summed E-state index contributed by atoms with van der Waals surface area (Å²) in [6.07, 6.45) is 3.95. The van der Waals surface area contributed by atoms with Gasteiger partial charge in [0.1, 0.15) is 23.8 Å². The summed E-state index contributed by atoms with van der Waals surface area (Å²) in [6, 6.07) is 12.7. The third-order valence-electron chi connectivity index (χ3n) is 7.50. The molecular formula is C33H44FN5O4. The lowest BCUT2D eigenvalue weighted by Gasteiger charge is -2.39. The molecule has 1 amide bonds. The minimum Gasteiger partial charge on any atom is -0.487 e. The van der Waals surface area contributed by atoms with Crippen LogP contribution in [0.3, 0.4) is 0 Å². The van der Waals surface area contributed by atoms with Gasteiger partial charge in [-0.1, -0.05) is 18.2 Å². The highest BCUT2D eigenvalue weighted by Crippen LogP contribution is 2.41. The number of amides is 1. The van der Waals surface area contributed by atoms with Gasteiger partial charge in [0.05, 0.1) is 23.3 Å². The summed E-state index contributed by atoms with van der Waals surface area (Å²) >= 11 is 0. The largest absolute Gasteiger partial charge is 0.487 e. The van der Waals surface area contributed by atoms with E-state index in [4.69, 9.17) is 14.5 Å². The van der Waals surface area contributed by atoms with E-state index in [1.807, 2.05) is 28.9 Å². The topological polar surface area (TPSA) is 107 Å². The van der Waals surface area contributed by atoms with Gasteiger partial charge in [-0.25, -0.2) is 14.1 Å². The van der Waals surface area contributed by atoms with E-state index < -0.39 is 17.0 Å². The molecule has 232 valence electrons. The Labute approximate surface area is 253 Å². The molecule has 1 saturated carbocycles. The molecule has 0 radical (unpaired) electrons. The zero-order valence-electron chi connectivity index (χ0n) is 26.3. The van der Waals surface area contributed by atoms with Gasteiger partial charge in [-0.15, -0.1) is 0 Å². The molecule has 0 bridgehead atoms. The summed E-state index contributed by atoms with van der Waals surface area (Å²) in [6.45, 7) is 13.1. The summed E-state index contributed by atoms with van der Waals surface area (Å²) in [7, 11) is 0. The standard InChI is InChI=1S/C33H44FN5O4/c1-22-10-8-12-25(29(22)34)42-24-14-17-33(18-15-24,30(41)35-21-28(40)43-32(5,6)7)20-23-11-9-13-26(37-23)38-27-16-19-36-39(27)31(2,3)4/h8-13,16,19,24H,14-15,17-18,20-21H2,1-7H3,(H,35,41)(H,37,38). The summed E-state index contributed by atoms with van der Waals surface area (Å²) in [4.78, 5) is 31.0. The molecule has 2 heterocycles. The van der Waals surface area contributed by atoms with Crippen molar-refractivity contribution in [2.45, 2.75) is 97.8 Å². The van der Waals surface area contributed by atoms with Gasteiger partial charge in [-0.3, -0.25) is 9.59 Å². The number of ether oxygens (including phenoxy) is 2. The van der Waals surface area contributed by atoms with Crippen molar-refractivity contribution in [1.29, 1.82) is 0 Å². The number of rotatable bonds is 9. The minimum atomic E-state index is -0.828. The van der Waals surface area contributed by atoms with Crippen LogP contribution in [0.4, 0.5) is 16.0 Å². The summed E-state index contributed by atoms with van der Waals surface area (Å²) in [5.74, 6) is 0.576. The zero-order chi connectivity index (χ0) is 31.4. The van der Waals surface area contributed by atoms with Crippen LogP contribution in [0.1, 0.15) is 78.5 Å². The predicted octanol–water partition coefficient (Wildman–Crippen LogP) is 6.23. The number of esters is 1. The van der Waals surface area contributed by atoms with Crippen LogP contribution in [0, 0.1) is 18.2 Å². The molecule has 3 aromatic rings. The first-order valence-electron chi connectivity index (χ1n) is 14.8. The van der Waals surface area contributed by atoms with E-state index in [1.54, 1.807) is 52.1 Å². The van der Waals surface area contributed by atoms with Crippen LogP contribution >= 0.6 is 0 Å². The van der Waals surface area contributed by atoms with Crippen molar-refractivity contribution in [1.82, 2.24) is 20.1 Å². The van der Waals surface area contributed by atoms with Crippen LogP contribution in [0.15, 0.2) is 48.7 Å². The second kappa shape index (κ2) is 12.7. The molecule has 1 aliphatic rings. The highest BCUT2D eigenvalue weighted by atomic mass is 19.1. The number of benzene rings is 1. The van der Waals surface area contributed by atoms with E-state index >= 15 is 0 Å². The number of carbonyl (C=O) groups excluding carboxylic acids is 2. The van der Waals surface area contributed by atoms with Crippen LogP contribution in [-0.4, -0.2) is 44.9 Å². The fourth-order valence-electron chi connectivity index (χ4n) is 5.41. The molecule has 43 heavy (non-hydrogen) atoms. The minimum absolute atomic E-state index is 0.220. The molecule has 0 atom stereocenters. The Morgan fingerprint density at radius 3 is 2.42 bits per heavy atom. The fourth-order valence-corrected chi connectivity index (χ4v) is 5.41. The number of halogens is 1. The van der Waals surface area contributed by atoms with Crippen LogP contribution < -0.4 is 15.4 Å². The average Bonchev–Trinajstić information content (AvgIpc) is 3.39. The number of aryl methyl sites for hydroxylation is 1. The van der Waals surface area contributed by atoms with E-state index in [0.29, 0.717) is 43.5 Å². The molecule has 1 aromatic carbocycles. The number of carbonyl (C=O) groups is 2. The van der Waals surface area contributed by atoms with Crippen LogP contribution in [0.2, 0.25) is 0 Å². The SMILES string of the molecule is Cc1cccc(OC2CCC(Cc3cccc(Nc4ccnn4C(C)(C)C)n3)(C(=O)NCC(=O)OC(C)(C)C)CC2)c1F. The molecule has 10 heteroatoms. The summed E-state index contributed by atoms with van der Waals surface area (Å²) in [5, 5.41) is 10.6. The molecule has 2 N–H and O–H groups in total. The molecule has 0 saturated heterocycles. The molecule has 0 spiro atoms. The maximum atomic E-state index is 14.6. The molecule has 9 nitrogen and oxygen atoms in total. The van der Waals surface area contributed by atoms with E-state index in [2.05, 4.69) is 36.5 Å². The number of pyridine rings is 1. The van der Waals surface area contributed by atoms with Gasteiger partial charge in [0.2, 0.25) is 5.91 Å². The summed E-state index contributed by atoms with van der Waals surface area (Å²) in [5.41, 5.74) is -0.439. The van der Waals surface area contributed by atoms with Gasteiger partial charge in [-0.05, 0) is 97.9 Å². The smallest absolute Gasteiger partial charge is 0.325 e. The van der Waals surface area contributed by atoms with Crippen molar-refractivity contribution < 1.29 is 23.5 Å². The zero-order valence-corrected chi connectivity index (χ0v) is 26.3. The summed E-state index contributed by atoms with van der Waals surface area (Å²) < 4.78 is 28.0. The normalized spacial score (nSPS) is 19.0. The molecule has 0 unspecified atom stereocenters. The quantitative estimate of drug-likeness (QED) is 0.283. The Hall–Kier alpha value is -3.95. The first kappa shape index (κ1) is 32.0. The van der Waals surface area contributed by atoms with Crippen LogP contribution in [-0.2, 0) is 26.3 Å². The third kappa shape index (κ3) is 8.33. The van der Waals surface area contributed by atoms with Gasteiger partial charge in [0, 0.05) is 18.2 Å². The van der Waals surface area contributed by atoms with Gasteiger partial charge < -0.3 is 20.1 Å². The fraction of sp³-hybridized carbons (Fsp3) is 0.515. The van der Waals surface area contributed by atoms with Crippen molar-refractivity contribution in [2.24, 2.45) is 5.41 Å². The molecule has 0 aliphatic heterocycles. The molecule has 4 rings (SSSR count). The molecule has 2 aromatic heterocycles.